The number of hydrogen-bond acceptors (Lipinski definition) is 3. The Hall–Kier alpha value is -0.640. The van der Waals surface area contributed by atoms with Gasteiger partial charge in [-0.2, -0.15) is 16.9 Å². The average Bonchev–Trinajstić information content (AvgIpc) is 2.62. The van der Waals surface area contributed by atoms with Crippen LogP contribution in [-0.4, -0.2) is 20.8 Å². The Bertz CT molecular complexity index is 308. The molecule has 1 fully saturated rings. The molecule has 1 saturated heterocycles. The van der Waals surface area contributed by atoms with Crippen LogP contribution < -0.4 is 5.73 Å². The molecule has 0 radical (unpaired) electrons. The third-order valence-corrected chi connectivity index (χ3v) is 3.89. The largest absolute Gasteiger partial charge is 0.384 e. The van der Waals surface area contributed by atoms with Crippen molar-refractivity contribution in [2.24, 2.45) is 0 Å². The van der Waals surface area contributed by atoms with Crippen molar-refractivity contribution in [3.05, 3.63) is 11.8 Å². The molecule has 1 aromatic heterocycles. The van der Waals surface area contributed by atoms with Crippen molar-refractivity contribution < 1.29 is 0 Å². The molecule has 1 aromatic rings. The molecular weight excluding hydrogens is 182 g/mol. The third kappa shape index (κ3) is 1.55. The molecule has 2 rings (SSSR count). The van der Waals surface area contributed by atoms with Crippen LogP contribution in [0.3, 0.4) is 0 Å². The van der Waals surface area contributed by atoms with Crippen molar-refractivity contribution in [1.82, 2.24) is 9.78 Å². The van der Waals surface area contributed by atoms with Gasteiger partial charge in [0.05, 0.1) is 12.2 Å². The summed E-state index contributed by atoms with van der Waals surface area (Å²) in [4.78, 5) is 0. The van der Waals surface area contributed by atoms with Crippen LogP contribution in [0.15, 0.2) is 6.20 Å². The van der Waals surface area contributed by atoms with E-state index in [0.29, 0.717) is 6.04 Å². The topological polar surface area (TPSA) is 43.8 Å². The fourth-order valence-electron chi connectivity index (χ4n) is 1.71. The van der Waals surface area contributed by atoms with Gasteiger partial charge in [-0.1, -0.05) is 6.92 Å². The summed E-state index contributed by atoms with van der Waals surface area (Å²) in [6.45, 7) is 4.27. The van der Waals surface area contributed by atoms with Crippen molar-refractivity contribution >= 4 is 17.6 Å². The number of nitrogens with two attached hydrogens (primary N) is 1. The van der Waals surface area contributed by atoms with E-state index in [2.05, 4.69) is 12.0 Å². The standard InChI is InChI=1S/C9H15N3S/c1-6-4-11-12(9(6)10)8-3-7(2)13-5-8/h4,7-8H,3,5,10H2,1-2H3. The minimum Gasteiger partial charge on any atom is -0.384 e. The van der Waals surface area contributed by atoms with Crippen molar-refractivity contribution in [3.8, 4) is 0 Å². The summed E-state index contributed by atoms with van der Waals surface area (Å²) >= 11 is 2.00. The molecule has 2 heterocycles. The van der Waals surface area contributed by atoms with Gasteiger partial charge < -0.3 is 5.73 Å². The summed E-state index contributed by atoms with van der Waals surface area (Å²) in [5, 5.41) is 5.05. The van der Waals surface area contributed by atoms with Crippen LogP contribution in [0.4, 0.5) is 5.82 Å². The van der Waals surface area contributed by atoms with Crippen LogP contribution in [0.1, 0.15) is 24.9 Å². The summed E-state index contributed by atoms with van der Waals surface area (Å²) in [5.74, 6) is 1.98. The van der Waals surface area contributed by atoms with Gasteiger partial charge >= 0.3 is 0 Å². The van der Waals surface area contributed by atoms with Gasteiger partial charge in [-0.25, -0.2) is 4.68 Å². The summed E-state index contributed by atoms with van der Waals surface area (Å²) in [5.41, 5.74) is 7.01. The van der Waals surface area contributed by atoms with Gasteiger partial charge in [-0.05, 0) is 13.3 Å². The van der Waals surface area contributed by atoms with Crippen LogP contribution in [0, 0.1) is 6.92 Å². The van der Waals surface area contributed by atoms with Gasteiger partial charge in [0.2, 0.25) is 0 Å². The minimum atomic E-state index is 0.508. The molecular formula is C9H15N3S. The van der Waals surface area contributed by atoms with Crippen LogP contribution in [0.5, 0.6) is 0 Å². The van der Waals surface area contributed by atoms with Crippen molar-refractivity contribution in [2.45, 2.75) is 31.6 Å². The molecule has 0 spiro atoms. The highest BCUT2D eigenvalue weighted by atomic mass is 32.2. The van der Waals surface area contributed by atoms with Gasteiger partial charge in [0, 0.05) is 16.6 Å². The zero-order valence-electron chi connectivity index (χ0n) is 8.03. The minimum absolute atomic E-state index is 0.508. The fraction of sp³-hybridized carbons (Fsp3) is 0.667. The first-order valence-corrected chi connectivity index (χ1v) is 5.64. The Kier molecular flexibility index (Phi) is 2.24. The van der Waals surface area contributed by atoms with Crippen molar-refractivity contribution in [3.63, 3.8) is 0 Å². The second kappa shape index (κ2) is 3.25. The van der Waals surface area contributed by atoms with E-state index in [1.54, 1.807) is 0 Å². The molecule has 0 amide bonds. The van der Waals surface area contributed by atoms with Gasteiger partial charge in [-0.15, -0.1) is 0 Å². The fourth-order valence-corrected chi connectivity index (χ4v) is 2.90. The lowest BCUT2D eigenvalue weighted by atomic mass is 10.2. The van der Waals surface area contributed by atoms with Crippen LogP contribution in [0.2, 0.25) is 0 Å². The number of aryl methyl sites for hydroxylation is 1. The number of nitrogens with zero attached hydrogens (tertiary/aromatic N) is 2. The molecule has 72 valence electrons. The van der Waals surface area contributed by atoms with Crippen LogP contribution in [-0.2, 0) is 0 Å². The molecule has 2 N–H and O–H groups in total. The van der Waals surface area contributed by atoms with Gasteiger partial charge in [0.1, 0.15) is 5.82 Å². The first-order chi connectivity index (χ1) is 6.18. The smallest absolute Gasteiger partial charge is 0.124 e. The van der Waals surface area contributed by atoms with Gasteiger partial charge in [-0.3, -0.25) is 0 Å². The number of aromatic nitrogens is 2. The van der Waals surface area contributed by atoms with E-state index in [1.165, 1.54) is 6.42 Å². The molecule has 0 aromatic carbocycles. The molecule has 2 unspecified atom stereocenters. The average molecular weight is 197 g/mol. The zero-order chi connectivity index (χ0) is 9.42. The third-order valence-electron chi connectivity index (χ3n) is 2.55. The number of hydrogen-bond donors (Lipinski definition) is 1. The van der Waals surface area contributed by atoms with E-state index >= 15 is 0 Å². The summed E-state index contributed by atoms with van der Waals surface area (Å²) in [6, 6.07) is 0.508. The predicted molar refractivity (Wildman–Crippen MR) is 57.0 cm³/mol. The Balaban J connectivity index is 2.21. The molecule has 0 bridgehead atoms. The Morgan fingerprint density at radius 1 is 1.69 bits per heavy atom. The number of anilines is 1. The first-order valence-electron chi connectivity index (χ1n) is 4.59. The van der Waals surface area contributed by atoms with Gasteiger partial charge in [0.25, 0.3) is 0 Å². The lowest BCUT2D eigenvalue weighted by molar-refractivity contribution is 0.491. The molecule has 13 heavy (non-hydrogen) atoms. The van der Waals surface area contributed by atoms with E-state index in [0.717, 1.165) is 22.4 Å². The van der Waals surface area contributed by atoms with E-state index in [4.69, 9.17) is 5.73 Å². The van der Waals surface area contributed by atoms with Crippen LogP contribution in [0.25, 0.3) is 0 Å². The van der Waals surface area contributed by atoms with Crippen molar-refractivity contribution in [1.29, 1.82) is 0 Å². The second-order valence-corrected chi connectivity index (χ2v) is 5.16. The second-order valence-electron chi connectivity index (χ2n) is 3.69. The predicted octanol–water partition coefficient (Wildman–Crippen LogP) is 1.84. The maximum Gasteiger partial charge on any atom is 0.124 e. The summed E-state index contributed by atoms with van der Waals surface area (Å²) in [7, 11) is 0. The Morgan fingerprint density at radius 2 is 2.46 bits per heavy atom. The molecule has 2 atom stereocenters. The summed E-state index contributed by atoms with van der Waals surface area (Å²) in [6.07, 6.45) is 3.04. The molecule has 4 heteroatoms. The lowest BCUT2D eigenvalue weighted by Gasteiger charge is -2.11. The highest BCUT2D eigenvalue weighted by molar-refractivity contribution is 8.00. The summed E-state index contributed by atoms with van der Waals surface area (Å²) < 4.78 is 1.98. The van der Waals surface area contributed by atoms with E-state index in [9.17, 15) is 0 Å². The monoisotopic (exact) mass is 197 g/mol. The maximum atomic E-state index is 5.92. The SMILES string of the molecule is Cc1cnn(C2CSC(C)C2)c1N. The van der Waals surface area contributed by atoms with E-state index < -0.39 is 0 Å². The molecule has 3 nitrogen and oxygen atoms in total. The van der Waals surface area contributed by atoms with E-state index in [-0.39, 0.29) is 0 Å². The molecule has 1 aliphatic heterocycles. The lowest BCUT2D eigenvalue weighted by Crippen LogP contribution is -2.13. The molecule has 0 saturated carbocycles. The van der Waals surface area contributed by atoms with Crippen molar-refractivity contribution in [2.75, 3.05) is 11.5 Å². The normalized spacial score (nSPS) is 28.2. The van der Waals surface area contributed by atoms with Crippen LogP contribution >= 0.6 is 11.8 Å². The Labute approximate surface area is 82.7 Å². The Morgan fingerprint density at radius 3 is 2.92 bits per heavy atom. The highest BCUT2D eigenvalue weighted by Gasteiger charge is 2.25. The zero-order valence-corrected chi connectivity index (χ0v) is 8.84. The number of rotatable bonds is 1. The quantitative estimate of drug-likeness (QED) is 0.747. The number of thioether (sulfide) groups is 1. The first kappa shape index (κ1) is 8.94. The number of nitrogen functional groups attached to an aromatic ring is 1. The highest BCUT2D eigenvalue weighted by Crippen LogP contribution is 2.35. The maximum absolute atomic E-state index is 5.92. The van der Waals surface area contributed by atoms with Gasteiger partial charge in [0.15, 0.2) is 0 Å². The molecule has 1 aliphatic rings. The van der Waals surface area contributed by atoms with E-state index in [1.807, 2.05) is 29.6 Å². The molecule has 0 aliphatic carbocycles.